The fourth-order valence-electron chi connectivity index (χ4n) is 2.99. The predicted molar refractivity (Wildman–Crippen MR) is 82.7 cm³/mol. The molecule has 0 saturated carbocycles. The minimum atomic E-state index is -3.63. The molecule has 2 atom stereocenters. The highest BCUT2D eigenvalue weighted by Gasteiger charge is 2.21. The maximum absolute atomic E-state index is 11.2. The molecule has 2 N–H and O–H groups in total. The van der Waals surface area contributed by atoms with Crippen LogP contribution in [0.15, 0.2) is 29.2 Å². The molecule has 1 aromatic rings. The molecule has 0 spiro atoms. The Bertz CT molecular complexity index is 547. The maximum Gasteiger partial charge on any atom is 0.238 e. The summed E-state index contributed by atoms with van der Waals surface area (Å²) in [5.74, 6) is 2.14. The van der Waals surface area contributed by atoms with E-state index in [1.807, 2.05) is 0 Å². The molecule has 0 aliphatic carbocycles. The van der Waals surface area contributed by atoms with Gasteiger partial charge in [0.1, 0.15) is 12.4 Å². The molecule has 1 heterocycles. The number of primary sulfonamides is 1. The van der Waals surface area contributed by atoms with E-state index in [0.29, 0.717) is 12.4 Å². The van der Waals surface area contributed by atoms with Crippen LogP contribution >= 0.6 is 0 Å². The number of ether oxygens (including phenoxy) is 1. The number of sulfonamides is 1. The second-order valence-corrected chi connectivity index (χ2v) is 7.63. The minimum Gasteiger partial charge on any atom is -0.492 e. The molecule has 1 fully saturated rings. The lowest BCUT2D eigenvalue weighted by Crippen LogP contribution is -2.40. The van der Waals surface area contributed by atoms with Crippen LogP contribution in [0.4, 0.5) is 0 Å². The van der Waals surface area contributed by atoms with E-state index in [1.165, 1.54) is 18.6 Å². The Morgan fingerprint density at radius 2 is 1.76 bits per heavy atom. The lowest BCUT2D eigenvalue weighted by atomic mass is 9.92. The normalized spacial score (nSPS) is 24.0. The summed E-state index contributed by atoms with van der Waals surface area (Å²) in [6, 6.07) is 6.22. The summed E-state index contributed by atoms with van der Waals surface area (Å²) in [7, 11) is -3.63. The first-order valence-corrected chi connectivity index (χ1v) is 8.87. The van der Waals surface area contributed by atoms with Crippen LogP contribution in [-0.2, 0) is 10.0 Å². The predicted octanol–water partition coefficient (Wildman–Crippen LogP) is 1.69. The van der Waals surface area contributed by atoms with Crippen LogP contribution in [0, 0.1) is 11.8 Å². The third-order valence-corrected chi connectivity index (χ3v) is 4.70. The lowest BCUT2D eigenvalue weighted by Gasteiger charge is -2.34. The lowest BCUT2D eigenvalue weighted by molar-refractivity contribution is 0.120. The molecule has 0 bridgehead atoms. The summed E-state index contributed by atoms with van der Waals surface area (Å²) in [6.07, 6.45) is 1.30. The van der Waals surface area contributed by atoms with Crippen molar-refractivity contribution < 1.29 is 13.2 Å². The molecule has 1 aliphatic rings. The van der Waals surface area contributed by atoms with Gasteiger partial charge < -0.3 is 4.74 Å². The highest BCUT2D eigenvalue weighted by Crippen LogP contribution is 2.21. The third-order valence-electron chi connectivity index (χ3n) is 3.77. The van der Waals surface area contributed by atoms with Gasteiger partial charge in [0.05, 0.1) is 4.90 Å². The Morgan fingerprint density at radius 1 is 1.19 bits per heavy atom. The maximum atomic E-state index is 11.2. The van der Waals surface area contributed by atoms with Crippen molar-refractivity contribution >= 4 is 10.0 Å². The average molecular weight is 312 g/mol. The average Bonchev–Trinajstić information content (AvgIpc) is 2.37. The van der Waals surface area contributed by atoms with E-state index in [-0.39, 0.29) is 4.90 Å². The van der Waals surface area contributed by atoms with Gasteiger partial charge in [-0.1, -0.05) is 13.8 Å². The summed E-state index contributed by atoms with van der Waals surface area (Å²) >= 11 is 0. The molecule has 2 rings (SSSR count). The first-order valence-electron chi connectivity index (χ1n) is 7.32. The zero-order valence-corrected chi connectivity index (χ0v) is 13.5. The number of hydrogen-bond acceptors (Lipinski definition) is 4. The zero-order valence-electron chi connectivity index (χ0n) is 12.7. The third kappa shape index (κ3) is 4.98. The highest BCUT2D eigenvalue weighted by atomic mass is 32.2. The SMILES string of the molecule is CC1CC(C)CN(CCOc2ccc(S(N)(=O)=O)cc2)C1. The first kappa shape index (κ1) is 16.3. The Morgan fingerprint density at radius 3 is 2.29 bits per heavy atom. The number of nitrogens with zero attached hydrogens (tertiary/aromatic N) is 1. The van der Waals surface area contributed by atoms with Crippen LogP contribution in [0.3, 0.4) is 0 Å². The van der Waals surface area contributed by atoms with Crippen molar-refractivity contribution in [3.05, 3.63) is 24.3 Å². The van der Waals surface area contributed by atoms with Crippen molar-refractivity contribution in [2.75, 3.05) is 26.2 Å². The standard InChI is InChI=1S/C15H24N2O3S/c1-12-9-13(2)11-17(10-12)7-8-20-14-3-5-15(6-4-14)21(16,18)19/h3-6,12-13H,7-11H2,1-2H3,(H2,16,18,19). The highest BCUT2D eigenvalue weighted by molar-refractivity contribution is 7.89. The van der Waals surface area contributed by atoms with Gasteiger partial charge in [0, 0.05) is 19.6 Å². The van der Waals surface area contributed by atoms with Crippen LogP contribution in [0.25, 0.3) is 0 Å². The molecule has 2 unspecified atom stereocenters. The Balaban J connectivity index is 1.81. The zero-order chi connectivity index (χ0) is 15.5. The summed E-state index contributed by atoms with van der Waals surface area (Å²) in [5.41, 5.74) is 0. The van der Waals surface area contributed by atoms with Crippen molar-refractivity contribution in [1.82, 2.24) is 4.90 Å². The second kappa shape index (κ2) is 6.77. The van der Waals surface area contributed by atoms with Gasteiger partial charge in [0.15, 0.2) is 0 Å². The number of nitrogens with two attached hydrogens (primary N) is 1. The molecule has 1 aliphatic heterocycles. The van der Waals surface area contributed by atoms with Gasteiger partial charge in [-0.15, -0.1) is 0 Å². The van der Waals surface area contributed by atoms with E-state index in [4.69, 9.17) is 9.88 Å². The van der Waals surface area contributed by atoms with Gasteiger partial charge in [-0.05, 0) is 42.5 Å². The molecule has 1 aromatic carbocycles. The van der Waals surface area contributed by atoms with Crippen molar-refractivity contribution in [3.8, 4) is 5.75 Å². The van der Waals surface area contributed by atoms with Crippen LogP contribution in [0.5, 0.6) is 5.75 Å². The van der Waals surface area contributed by atoms with E-state index in [9.17, 15) is 8.42 Å². The summed E-state index contributed by atoms with van der Waals surface area (Å²) in [5, 5.41) is 5.06. The fourth-order valence-corrected chi connectivity index (χ4v) is 3.51. The summed E-state index contributed by atoms with van der Waals surface area (Å²) < 4.78 is 28.0. The molecule has 1 saturated heterocycles. The number of piperidine rings is 1. The smallest absolute Gasteiger partial charge is 0.238 e. The molecule has 118 valence electrons. The molecule has 5 nitrogen and oxygen atoms in total. The van der Waals surface area contributed by atoms with Crippen LogP contribution in [-0.4, -0.2) is 39.6 Å². The van der Waals surface area contributed by atoms with Gasteiger partial charge >= 0.3 is 0 Å². The van der Waals surface area contributed by atoms with E-state index in [1.54, 1.807) is 12.1 Å². The van der Waals surface area contributed by atoms with Gasteiger partial charge in [-0.25, -0.2) is 13.6 Å². The summed E-state index contributed by atoms with van der Waals surface area (Å²) in [4.78, 5) is 2.53. The van der Waals surface area contributed by atoms with E-state index < -0.39 is 10.0 Å². The minimum absolute atomic E-state index is 0.105. The topological polar surface area (TPSA) is 72.6 Å². The van der Waals surface area contributed by atoms with Gasteiger partial charge in [0.25, 0.3) is 0 Å². The number of benzene rings is 1. The number of rotatable bonds is 5. The summed E-state index contributed by atoms with van der Waals surface area (Å²) in [6.45, 7) is 8.32. The van der Waals surface area contributed by atoms with E-state index in [2.05, 4.69) is 18.7 Å². The second-order valence-electron chi connectivity index (χ2n) is 6.07. The van der Waals surface area contributed by atoms with Gasteiger partial charge in [-0.2, -0.15) is 0 Å². The van der Waals surface area contributed by atoms with E-state index in [0.717, 1.165) is 31.5 Å². The van der Waals surface area contributed by atoms with Crippen LogP contribution in [0.2, 0.25) is 0 Å². The van der Waals surface area contributed by atoms with Gasteiger partial charge in [-0.3, -0.25) is 4.90 Å². The van der Waals surface area contributed by atoms with Crippen molar-refractivity contribution in [1.29, 1.82) is 0 Å². The fraction of sp³-hybridized carbons (Fsp3) is 0.600. The van der Waals surface area contributed by atoms with Crippen LogP contribution in [0.1, 0.15) is 20.3 Å². The Hall–Kier alpha value is -1.11. The largest absolute Gasteiger partial charge is 0.492 e. The molecule has 21 heavy (non-hydrogen) atoms. The molecule has 0 amide bonds. The molecule has 0 radical (unpaired) electrons. The van der Waals surface area contributed by atoms with Crippen molar-refractivity contribution in [2.24, 2.45) is 17.0 Å². The first-order chi connectivity index (χ1) is 9.84. The van der Waals surface area contributed by atoms with E-state index >= 15 is 0 Å². The molecular formula is C15H24N2O3S. The number of likely N-dealkylation sites (tertiary alicyclic amines) is 1. The van der Waals surface area contributed by atoms with Crippen molar-refractivity contribution in [3.63, 3.8) is 0 Å². The van der Waals surface area contributed by atoms with Crippen molar-refractivity contribution in [2.45, 2.75) is 25.2 Å². The van der Waals surface area contributed by atoms with Gasteiger partial charge in [0.2, 0.25) is 10.0 Å². The Kier molecular flexibility index (Phi) is 5.24. The molecule has 6 heteroatoms. The Labute approximate surface area is 127 Å². The molecule has 0 aromatic heterocycles. The molecular weight excluding hydrogens is 288 g/mol. The quantitative estimate of drug-likeness (QED) is 0.898. The number of hydrogen-bond donors (Lipinski definition) is 1. The monoisotopic (exact) mass is 312 g/mol. The van der Waals surface area contributed by atoms with Crippen LogP contribution < -0.4 is 9.88 Å².